The van der Waals surface area contributed by atoms with Crippen LogP contribution in [-0.2, 0) is 6.42 Å². The average Bonchev–Trinajstić information content (AvgIpc) is 2.36. The summed E-state index contributed by atoms with van der Waals surface area (Å²) < 4.78 is 0. The van der Waals surface area contributed by atoms with E-state index >= 15 is 0 Å². The summed E-state index contributed by atoms with van der Waals surface area (Å²) in [6, 6.07) is 6.06. The Hall–Kier alpha value is -1.94. The molecule has 0 bridgehead atoms. The molecule has 0 unspecified atom stereocenters. The zero-order valence-electron chi connectivity index (χ0n) is 10.6. The third-order valence-electron chi connectivity index (χ3n) is 2.93. The van der Waals surface area contributed by atoms with Gasteiger partial charge in [0.1, 0.15) is 5.82 Å². The molecule has 5 heteroatoms. The summed E-state index contributed by atoms with van der Waals surface area (Å²) in [5.74, 6) is -0.696. The van der Waals surface area contributed by atoms with Gasteiger partial charge in [0.15, 0.2) is 5.69 Å². The number of aromatic carboxylic acids is 1. The van der Waals surface area contributed by atoms with Gasteiger partial charge in [-0.15, -0.1) is 0 Å². The first-order valence-corrected chi connectivity index (χ1v) is 6.16. The van der Waals surface area contributed by atoms with E-state index < -0.39 is 5.97 Å². The minimum absolute atomic E-state index is 0.0522. The fraction of sp³-hybridized carbons (Fsp3) is 0.214. The van der Waals surface area contributed by atoms with E-state index in [2.05, 4.69) is 9.97 Å². The quantitative estimate of drug-likeness (QED) is 0.936. The van der Waals surface area contributed by atoms with Crippen molar-refractivity contribution in [2.24, 2.45) is 0 Å². The normalized spacial score (nSPS) is 10.5. The molecule has 0 saturated carbocycles. The second-order valence-electron chi connectivity index (χ2n) is 4.38. The fourth-order valence-electron chi connectivity index (χ4n) is 1.73. The summed E-state index contributed by atoms with van der Waals surface area (Å²) in [5, 5.41) is 9.01. The smallest absolute Gasteiger partial charge is 0.356 e. The van der Waals surface area contributed by atoms with E-state index in [1.54, 1.807) is 0 Å². The number of hydrogen-bond donors (Lipinski definition) is 1. The van der Waals surface area contributed by atoms with Gasteiger partial charge in [-0.2, -0.15) is 0 Å². The van der Waals surface area contributed by atoms with Crippen LogP contribution in [0.5, 0.6) is 0 Å². The zero-order chi connectivity index (χ0) is 14.0. The maximum atomic E-state index is 11.0. The number of carboxylic acids is 1. The van der Waals surface area contributed by atoms with Gasteiger partial charge in [-0.25, -0.2) is 14.8 Å². The molecule has 1 heterocycles. The van der Waals surface area contributed by atoms with Gasteiger partial charge in [-0.1, -0.05) is 29.8 Å². The standard InChI is InChI=1S/C14H13ClN2O2/c1-8-3-4-10(5-9(8)2)6-12-16-7-11(15)13(17-12)14(18)19/h3-5,7H,6H2,1-2H3,(H,18,19). The average molecular weight is 277 g/mol. The predicted octanol–water partition coefficient (Wildman–Crippen LogP) is 3.04. The highest BCUT2D eigenvalue weighted by molar-refractivity contribution is 6.33. The molecule has 0 saturated heterocycles. The van der Waals surface area contributed by atoms with E-state index in [1.807, 2.05) is 32.0 Å². The Kier molecular flexibility index (Phi) is 3.81. The molecule has 4 nitrogen and oxygen atoms in total. The number of hydrogen-bond acceptors (Lipinski definition) is 3. The van der Waals surface area contributed by atoms with Gasteiger partial charge in [0.05, 0.1) is 11.2 Å². The topological polar surface area (TPSA) is 63.1 Å². The van der Waals surface area contributed by atoms with Crippen LogP contribution in [0.25, 0.3) is 0 Å². The lowest BCUT2D eigenvalue weighted by molar-refractivity contribution is 0.0690. The first-order valence-electron chi connectivity index (χ1n) is 5.78. The molecule has 0 spiro atoms. The van der Waals surface area contributed by atoms with E-state index in [1.165, 1.54) is 17.3 Å². The van der Waals surface area contributed by atoms with Crippen LogP contribution in [0, 0.1) is 13.8 Å². The first-order chi connectivity index (χ1) is 8.97. The maximum absolute atomic E-state index is 11.0. The molecule has 19 heavy (non-hydrogen) atoms. The van der Waals surface area contributed by atoms with Crippen molar-refractivity contribution in [3.63, 3.8) is 0 Å². The number of aryl methyl sites for hydroxylation is 2. The van der Waals surface area contributed by atoms with E-state index in [4.69, 9.17) is 16.7 Å². The lowest BCUT2D eigenvalue weighted by atomic mass is 10.0. The van der Waals surface area contributed by atoms with Crippen molar-refractivity contribution in [3.8, 4) is 0 Å². The van der Waals surface area contributed by atoms with E-state index in [0.717, 1.165) is 5.56 Å². The minimum Gasteiger partial charge on any atom is -0.476 e. The summed E-state index contributed by atoms with van der Waals surface area (Å²) in [7, 11) is 0. The van der Waals surface area contributed by atoms with E-state index in [9.17, 15) is 4.79 Å². The Balaban J connectivity index is 2.30. The summed E-state index contributed by atoms with van der Waals surface area (Å²) in [6.07, 6.45) is 1.81. The van der Waals surface area contributed by atoms with Crippen LogP contribution in [0.2, 0.25) is 5.02 Å². The summed E-state index contributed by atoms with van der Waals surface area (Å²) >= 11 is 5.73. The van der Waals surface area contributed by atoms with Gasteiger partial charge >= 0.3 is 5.97 Å². The molecule has 0 aliphatic carbocycles. The molecule has 2 rings (SSSR count). The lowest BCUT2D eigenvalue weighted by Gasteiger charge is -2.05. The van der Waals surface area contributed by atoms with Crippen LogP contribution in [-0.4, -0.2) is 21.0 Å². The van der Waals surface area contributed by atoms with Crippen molar-refractivity contribution in [2.75, 3.05) is 0 Å². The number of carboxylic acid groups (broad SMARTS) is 1. The molecule has 1 aromatic carbocycles. The minimum atomic E-state index is -1.14. The van der Waals surface area contributed by atoms with Crippen molar-refractivity contribution < 1.29 is 9.90 Å². The van der Waals surface area contributed by atoms with E-state index in [-0.39, 0.29) is 10.7 Å². The Morgan fingerprint density at radius 2 is 2.05 bits per heavy atom. The largest absolute Gasteiger partial charge is 0.476 e. The second-order valence-corrected chi connectivity index (χ2v) is 4.79. The van der Waals surface area contributed by atoms with Crippen molar-refractivity contribution in [3.05, 3.63) is 57.6 Å². The van der Waals surface area contributed by atoms with Crippen LogP contribution >= 0.6 is 11.6 Å². The molecule has 98 valence electrons. The van der Waals surface area contributed by atoms with Crippen molar-refractivity contribution in [1.82, 2.24) is 9.97 Å². The Morgan fingerprint density at radius 3 is 2.68 bits per heavy atom. The molecular formula is C14H13ClN2O2. The summed E-state index contributed by atoms with van der Waals surface area (Å²) in [4.78, 5) is 19.0. The molecule has 0 aliphatic rings. The second kappa shape index (κ2) is 5.36. The van der Waals surface area contributed by atoms with Crippen molar-refractivity contribution in [2.45, 2.75) is 20.3 Å². The van der Waals surface area contributed by atoms with E-state index in [0.29, 0.717) is 12.2 Å². The summed E-state index contributed by atoms with van der Waals surface area (Å²) in [6.45, 7) is 4.07. The molecule has 0 radical (unpaired) electrons. The first kappa shape index (κ1) is 13.5. The van der Waals surface area contributed by atoms with Gasteiger partial charge in [0.25, 0.3) is 0 Å². The summed E-state index contributed by atoms with van der Waals surface area (Å²) in [5.41, 5.74) is 3.29. The van der Waals surface area contributed by atoms with Gasteiger partial charge in [0.2, 0.25) is 0 Å². The highest BCUT2D eigenvalue weighted by Crippen LogP contribution is 2.15. The van der Waals surface area contributed by atoms with Crippen LogP contribution in [0.4, 0.5) is 0 Å². The van der Waals surface area contributed by atoms with Gasteiger partial charge < -0.3 is 5.11 Å². The molecule has 0 fully saturated rings. The van der Waals surface area contributed by atoms with Gasteiger partial charge in [0, 0.05) is 6.42 Å². The third kappa shape index (κ3) is 3.09. The van der Waals surface area contributed by atoms with Gasteiger partial charge in [-0.3, -0.25) is 0 Å². The molecule has 0 aliphatic heterocycles. The number of aromatic nitrogens is 2. The van der Waals surface area contributed by atoms with Crippen LogP contribution in [0.1, 0.15) is 33.0 Å². The van der Waals surface area contributed by atoms with Crippen LogP contribution in [0.3, 0.4) is 0 Å². The Labute approximate surface area is 116 Å². The molecular weight excluding hydrogens is 264 g/mol. The number of nitrogens with zero attached hydrogens (tertiary/aromatic N) is 2. The maximum Gasteiger partial charge on any atom is 0.356 e. The Bertz CT molecular complexity index is 641. The van der Waals surface area contributed by atoms with Crippen LogP contribution in [0.15, 0.2) is 24.4 Å². The molecule has 0 atom stereocenters. The third-order valence-corrected chi connectivity index (χ3v) is 3.21. The monoisotopic (exact) mass is 276 g/mol. The SMILES string of the molecule is Cc1ccc(Cc2ncc(Cl)c(C(=O)O)n2)cc1C. The predicted molar refractivity (Wildman–Crippen MR) is 72.7 cm³/mol. The fourth-order valence-corrected chi connectivity index (χ4v) is 1.91. The molecule has 1 N–H and O–H groups in total. The van der Waals surface area contributed by atoms with Gasteiger partial charge in [-0.05, 0) is 30.5 Å². The molecule has 0 amide bonds. The van der Waals surface area contributed by atoms with Crippen molar-refractivity contribution >= 4 is 17.6 Å². The highest BCUT2D eigenvalue weighted by Gasteiger charge is 2.12. The zero-order valence-corrected chi connectivity index (χ0v) is 11.4. The lowest BCUT2D eigenvalue weighted by Crippen LogP contribution is -2.06. The number of carbonyl (C=O) groups is 1. The molecule has 2 aromatic rings. The van der Waals surface area contributed by atoms with Crippen molar-refractivity contribution in [1.29, 1.82) is 0 Å². The molecule has 1 aromatic heterocycles. The number of rotatable bonds is 3. The Morgan fingerprint density at radius 1 is 1.32 bits per heavy atom. The highest BCUT2D eigenvalue weighted by atomic mass is 35.5. The number of halogens is 1. The number of benzene rings is 1. The van der Waals surface area contributed by atoms with Crippen LogP contribution < -0.4 is 0 Å².